The lowest BCUT2D eigenvalue weighted by Crippen LogP contribution is -2.42. The molecule has 0 aliphatic carbocycles. The number of rotatable bonds is 41. The molecule has 17 heteroatoms. The highest BCUT2D eigenvalue weighted by molar-refractivity contribution is 5.87. The van der Waals surface area contributed by atoms with Crippen LogP contribution in [0.1, 0.15) is 180 Å². The number of Topliss-reactive ketones (excluding diaryl/α,β-unsaturated/α-hetero) is 2. The first-order valence-electron chi connectivity index (χ1n) is 22.0. The monoisotopic (exact) mass is 856 g/mol. The molecule has 17 nitrogen and oxygen atoms in total. The van der Waals surface area contributed by atoms with Crippen molar-refractivity contribution >= 4 is 53.2 Å². The number of hydrogen-bond acceptors (Lipinski definition) is 10. The molecular formula is C43H73N3O14. The van der Waals surface area contributed by atoms with E-state index in [-0.39, 0.29) is 56.6 Å². The van der Waals surface area contributed by atoms with Gasteiger partial charge in [0.25, 0.3) is 0 Å². The summed E-state index contributed by atoms with van der Waals surface area (Å²) in [5, 5.41) is 53.8. The number of unbranched alkanes of at least 4 members (excludes halogenated alkanes) is 14. The van der Waals surface area contributed by atoms with Crippen LogP contribution >= 0.6 is 0 Å². The van der Waals surface area contributed by atoms with Crippen molar-refractivity contribution in [1.29, 1.82) is 0 Å². The molecule has 0 spiro atoms. The molecule has 0 radical (unpaired) electrons. The van der Waals surface area contributed by atoms with Gasteiger partial charge < -0.3 is 41.5 Å². The maximum atomic E-state index is 12.6. The highest BCUT2D eigenvalue weighted by Gasteiger charge is 2.27. The first-order valence-corrected chi connectivity index (χ1v) is 22.0. The molecule has 0 bridgehead atoms. The van der Waals surface area contributed by atoms with Crippen LogP contribution in [0.4, 0.5) is 0 Å². The first-order chi connectivity index (χ1) is 28.6. The Morgan fingerprint density at radius 2 is 0.900 bits per heavy atom. The number of amides is 3. The molecule has 8 N–H and O–H groups in total. The van der Waals surface area contributed by atoms with E-state index in [2.05, 4.69) is 16.0 Å². The summed E-state index contributed by atoms with van der Waals surface area (Å²) in [6.45, 7) is 1.65. The van der Waals surface area contributed by atoms with Gasteiger partial charge in [-0.1, -0.05) is 90.4 Å². The molecule has 0 unspecified atom stereocenters. The average molecular weight is 856 g/mol. The van der Waals surface area contributed by atoms with Crippen LogP contribution in [0, 0.1) is 11.8 Å². The van der Waals surface area contributed by atoms with Crippen molar-refractivity contribution in [3.05, 3.63) is 0 Å². The normalized spacial score (nSPS) is 13.0. The Bertz CT molecular complexity index is 1320. The van der Waals surface area contributed by atoms with E-state index < -0.39 is 84.8 Å². The van der Waals surface area contributed by atoms with Crippen molar-refractivity contribution in [2.75, 3.05) is 13.2 Å². The fraction of sp³-hybridized carbons (Fsp3) is 0.791. The van der Waals surface area contributed by atoms with E-state index in [9.17, 15) is 58.5 Å². The Morgan fingerprint density at radius 3 is 1.35 bits per heavy atom. The highest BCUT2D eigenvalue weighted by Crippen LogP contribution is 2.17. The molecule has 344 valence electrons. The van der Waals surface area contributed by atoms with E-state index in [1.165, 1.54) is 25.7 Å². The van der Waals surface area contributed by atoms with Gasteiger partial charge in [0.2, 0.25) is 17.7 Å². The van der Waals surface area contributed by atoms with Crippen molar-refractivity contribution in [2.24, 2.45) is 11.8 Å². The van der Waals surface area contributed by atoms with Gasteiger partial charge in [0.15, 0.2) is 5.78 Å². The minimum atomic E-state index is -1.41. The number of carbonyl (C=O) groups excluding carboxylic acids is 5. The topological polar surface area (TPSA) is 291 Å². The third-order valence-corrected chi connectivity index (χ3v) is 10.6. The van der Waals surface area contributed by atoms with Gasteiger partial charge in [-0.2, -0.15) is 0 Å². The average Bonchev–Trinajstić information content (AvgIpc) is 3.19. The molecule has 3 amide bonds. The van der Waals surface area contributed by atoms with Gasteiger partial charge in [-0.25, -0.2) is 9.59 Å². The fourth-order valence-corrected chi connectivity index (χ4v) is 6.86. The predicted molar refractivity (Wildman–Crippen MR) is 222 cm³/mol. The van der Waals surface area contributed by atoms with Gasteiger partial charge >= 0.3 is 23.9 Å². The summed E-state index contributed by atoms with van der Waals surface area (Å²) >= 11 is 0. The van der Waals surface area contributed by atoms with E-state index in [0.29, 0.717) is 38.6 Å². The number of aliphatic hydroxyl groups excluding tert-OH is 1. The van der Waals surface area contributed by atoms with Crippen LogP contribution in [0.25, 0.3) is 0 Å². The van der Waals surface area contributed by atoms with Crippen molar-refractivity contribution in [2.45, 2.75) is 192 Å². The highest BCUT2D eigenvalue weighted by atomic mass is 16.4. The lowest BCUT2D eigenvalue weighted by Gasteiger charge is -2.17. The van der Waals surface area contributed by atoms with Crippen LogP contribution in [-0.4, -0.2) is 104 Å². The second-order valence-corrected chi connectivity index (χ2v) is 15.7. The van der Waals surface area contributed by atoms with Crippen LogP contribution in [-0.2, 0) is 43.2 Å². The lowest BCUT2D eigenvalue weighted by atomic mass is 9.94. The number of aliphatic carboxylic acids is 4. The molecule has 0 saturated heterocycles. The van der Waals surface area contributed by atoms with E-state index in [1.807, 2.05) is 6.92 Å². The van der Waals surface area contributed by atoms with E-state index >= 15 is 0 Å². The van der Waals surface area contributed by atoms with Gasteiger partial charge in [0, 0.05) is 51.0 Å². The van der Waals surface area contributed by atoms with Gasteiger partial charge in [-0.3, -0.25) is 33.6 Å². The number of carbonyl (C=O) groups is 9. The van der Waals surface area contributed by atoms with Crippen molar-refractivity contribution in [3.8, 4) is 0 Å². The Balaban J connectivity index is 4.38. The van der Waals surface area contributed by atoms with E-state index in [1.54, 1.807) is 0 Å². The zero-order chi connectivity index (χ0) is 45.1. The first kappa shape index (κ1) is 55.6. The Hall–Kier alpha value is -4.41. The van der Waals surface area contributed by atoms with Gasteiger partial charge in [0.05, 0.1) is 5.92 Å². The number of nitrogens with one attached hydrogen (secondary N) is 3. The molecule has 0 rings (SSSR count). The number of carboxylic acid groups (broad SMARTS) is 4. The molecule has 4 atom stereocenters. The number of aliphatic hydroxyl groups is 1. The predicted octanol–water partition coefficient (Wildman–Crippen LogP) is 5.33. The third kappa shape index (κ3) is 30.6. The fourth-order valence-electron chi connectivity index (χ4n) is 6.86. The van der Waals surface area contributed by atoms with Crippen LogP contribution in [0.15, 0.2) is 0 Å². The summed E-state index contributed by atoms with van der Waals surface area (Å²) in [5.41, 5.74) is 0. The van der Waals surface area contributed by atoms with E-state index in [4.69, 9.17) is 10.2 Å². The minimum Gasteiger partial charge on any atom is -0.481 e. The molecule has 0 saturated carbocycles. The quantitative estimate of drug-likeness (QED) is 0.0361. The zero-order valence-corrected chi connectivity index (χ0v) is 35.7. The Labute approximate surface area is 354 Å². The number of hydrogen-bond donors (Lipinski definition) is 8. The van der Waals surface area contributed by atoms with Crippen molar-refractivity contribution < 1.29 is 68.7 Å². The molecule has 0 aromatic rings. The molecule has 0 aliphatic rings. The largest absolute Gasteiger partial charge is 0.481 e. The van der Waals surface area contributed by atoms with Crippen LogP contribution < -0.4 is 16.0 Å². The summed E-state index contributed by atoms with van der Waals surface area (Å²) in [6.07, 6.45) is 15.0. The minimum absolute atomic E-state index is 0.144. The third-order valence-electron chi connectivity index (χ3n) is 10.6. The van der Waals surface area contributed by atoms with Gasteiger partial charge in [-0.05, 0) is 51.4 Å². The van der Waals surface area contributed by atoms with Gasteiger partial charge in [-0.15, -0.1) is 0 Å². The van der Waals surface area contributed by atoms with Crippen molar-refractivity contribution in [1.82, 2.24) is 16.0 Å². The van der Waals surface area contributed by atoms with Crippen molar-refractivity contribution in [3.63, 3.8) is 0 Å². The zero-order valence-electron chi connectivity index (χ0n) is 35.7. The molecular weight excluding hydrogens is 782 g/mol. The maximum absolute atomic E-state index is 12.6. The van der Waals surface area contributed by atoms with Crippen LogP contribution in [0.2, 0.25) is 0 Å². The smallest absolute Gasteiger partial charge is 0.326 e. The molecule has 0 fully saturated rings. The maximum Gasteiger partial charge on any atom is 0.326 e. The SMILES string of the molecule is CC[C@@H](CCCCNC(=O)CC[C@H](NC(=O)CC[C@H](CC(=O)CC[C@H](NC(=O)CCCCCCCCCCCCCCCCC(=O)O)C(=O)O)C(=O)O)C(=O)O)C(=O)CO. The molecule has 0 aliphatic heterocycles. The summed E-state index contributed by atoms with van der Waals surface area (Å²) < 4.78 is 0. The molecule has 0 heterocycles. The number of carboxylic acids is 4. The summed E-state index contributed by atoms with van der Waals surface area (Å²) in [4.78, 5) is 107. The molecule has 0 aromatic carbocycles. The molecule has 0 aromatic heterocycles. The molecule has 60 heavy (non-hydrogen) atoms. The Kier molecular flexibility index (Phi) is 32.8. The summed E-state index contributed by atoms with van der Waals surface area (Å²) in [5.74, 6) is -8.77. The van der Waals surface area contributed by atoms with E-state index in [0.717, 1.165) is 57.8 Å². The second-order valence-electron chi connectivity index (χ2n) is 15.7. The van der Waals surface area contributed by atoms with Gasteiger partial charge in [0.1, 0.15) is 24.5 Å². The second kappa shape index (κ2) is 35.4. The lowest BCUT2D eigenvalue weighted by molar-refractivity contribution is -0.145. The number of ketones is 2. The van der Waals surface area contributed by atoms with Crippen LogP contribution in [0.3, 0.4) is 0 Å². The summed E-state index contributed by atoms with van der Waals surface area (Å²) in [6, 6.07) is -2.74. The Morgan fingerprint density at radius 1 is 0.450 bits per heavy atom. The standard InChI is InChI=1S/C43H73N3O14/c1-2-31(36(49)30-47)19-17-18-28-44-37(50)27-25-35(43(59)60)46-39(52)26-22-32(41(55)56)29-33(48)23-24-34(42(57)58)45-38(51)20-15-13-11-9-7-5-3-4-6-8-10-12-14-16-21-40(53)54/h31-32,34-35,47H,2-30H2,1H3,(H,44,50)(H,45,51)(H,46,52)(H,53,54)(H,55,56)(H,57,58)(H,59,60)/t31-,32+,34-,35-/m0/s1. The summed E-state index contributed by atoms with van der Waals surface area (Å²) in [7, 11) is 0. The van der Waals surface area contributed by atoms with Crippen LogP contribution in [0.5, 0.6) is 0 Å².